The predicted molar refractivity (Wildman–Crippen MR) is 106 cm³/mol. The molecule has 1 aliphatic carbocycles. The number of amides is 1. The predicted octanol–water partition coefficient (Wildman–Crippen LogP) is 3.90. The quantitative estimate of drug-likeness (QED) is 0.579. The molecule has 0 saturated carbocycles. The van der Waals surface area contributed by atoms with E-state index in [2.05, 4.69) is 18.2 Å². The Hall–Kier alpha value is -2.21. The number of esters is 1. The van der Waals surface area contributed by atoms with Crippen molar-refractivity contribution in [2.45, 2.75) is 38.0 Å². The van der Waals surface area contributed by atoms with Crippen LogP contribution in [0.5, 0.6) is 0 Å². The number of aromatic nitrogens is 1. The smallest absolute Gasteiger partial charge is 0.306 e. The summed E-state index contributed by atoms with van der Waals surface area (Å²) in [5.74, 6) is 0.154. The molecule has 142 valence electrons. The molecule has 1 aromatic heterocycles. The molecule has 4 rings (SSSR count). The number of fused-ring (bicyclic) bond motifs is 1. The van der Waals surface area contributed by atoms with Gasteiger partial charge in [0.1, 0.15) is 0 Å². The van der Waals surface area contributed by atoms with Crippen molar-refractivity contribution in [2.75, 3.05) is 19.7 Å². The van der Waals surface area contributed by atoms with E-state index in [0.29, 0.717) is 13.0 Å². The van der Waals surface area contributed by atoms with Gasteiger partial charge in [0, 0.05) is 19.0 Å². The fourth-order valence-corrected chi connectivity index (χ4v) is 4.93. The van der Waals surface area contributed by atoms with Crippen molar-refractivity contribution in [1.82, 2.24) is 9.88 Å². The van der Waals surface area contributed by atoms with Crippen molar-refractivity contribution >= 4 is 33.4 Å². The van der Waals surface area contributed by atoms with Crippen LogP contribution >= 0.6 is 11.3 Å². The minimum atomic E-state index is -0.278. The number of ether oxygens (including phenoxy) is 1. The fourth-order valence-electron chi connectivity index (χ4n) is 3.84. The summed E-state index contributed by atoms with van der Waals surface area (Å²) >= 11 is 1.71. The van der Waals surface area contributed by atoms with Crippen LogP contribution in [0.3, 0.4) is 0 Å². The summed E-state index contributed by atoms with van der Waals surface area (Å²) in [6.45, 7) is 1.23. The molecule has 5 nitrogen and oxygen atoms in total. The highest BCUT2D eigenvalue weighted by atomic mass is 32.1. The molecule has 2 heterocycles. The maximum Gasteiger partial charge on any atom is 0.306 e. The molecular weight excluding hydrogens is 360 g/mol. The van der Waals surface area contributed by atoms with Crippen molar-refractivity contribution in [3.8, 4) is 0 Å². The van der Waals surface area contributed by atoms with Crippen LogP contribution in [0.15, 0.2) is 36.4 Å². The molecule has 1 aromatic carbocycles. The number of carbonyl (C=O) groups is 2. The second-order valence-electron chi connectivity index (χ2n) is 7.33. The first-order valence-electron chi connectivity index (χ1n) is 9.64. The van der Waals surface area contributed by atoms with E-state index in [9.17, 15) is 9.59 Å². The van der Waals surface area contributed by atoms with Gasteiger partial charge in [0.15, 0.2) is 6.61 Å². The molecule has 0 spiro atoms. The maximum atomic E-state index is 12.5. The molecule has 1 saturated heterocycles. The lowest BCUT2D eigenvalue weighted by atomic mass is 9.99. The Balaban J connectivity index is 1.31. The van der Waals surface area contributed by atoms with E-state index in [1.54, 1.807) is 11.3 Å². The molecule has 1 fully saturated rings. The second-order valence-corrected chi connectivity index (χ2v) is 8.39. The van der Waals surface area contributed by atoms with Gasteiger partial charge < -0.3 is 9.64 Å². The first-order chi connectivity index (χ1) is 13.2. The molecule has 6 heteroatoms. The number of piperidine rings is 1. The van der Waals surface area contributed by atoms with Gasteiger partial charge in [-0.1, -0.05) is 24.3 Å². The van der Waals surface area contributed by atoms with Crippen LogP contribution in [0.1, 0.15) is 43.0 Å². The van der Waals surface area contributed by atoms with E-state index >= 15 is 0 Å². The summed E-state index contributed by atoms with van der Waals surface area (Å²) in [5.41, 5.74) is 1.02. The van der Waals surface area contributed by atoms with E-state index in [1.807, 2.05) is 23.1 Å². The summed E-state index contributed by atoms with van der Waals surface area (Å²) in [6.07, 6.45) is 8.55. The number of rotatable bonds is 5. The Kier molecular flexibility index (Phi) is 5.53. The molecule has 1 amide bonds. The van der Waals surface area contributed by atoms with Gasteiger partial charge in [-0.05, 0) is 43.7 Å². The number of para-hydroxylation sites is 1. The summed E-state index contributed by atoms with van der Waals surface area (Å²) in [6, 6.07) is 8.14. The molecular formula is C21H24N2O3S. The third-order valence-corrected chi connectivity index (χ3v) is 6.53. The van der Waals surface area contributed by atoms with Crippen molar-refractivity contribution in [3.63, 3.8) is 0 Å². The van der Waals surface area contributed by atoms with Gasteiger partial charge in [-0.25, -0.2) is 4.98 Å². The average molecular weight is 385 g/mol. The van der Waals surface area contributed by atoms with Gasteiger partial charge in [-0.2, -0.15) is 0 Å². The van der Waals surface area contributed by atoms with Crippen molar-refractivity contribution in [1.29, 1.82) is 0 Å². The largest absolute Gasteiger partial charge is 0.456 e. The molecule has 2 aromatic rings. The number of hydrogen-bond donors (Lipinski definition) is 0. The number of hydrogen-bond acceptors (Lipinski definition) is 5. The normalized spacial score (nSPS) is 22.3. The molecule has 2 atom stereocenters. The molecule has 2 aliphatic rings. The number of benzene rings is 1. The third-order valence-electron chi connectivity index (χ3n) is 5.33. The maximum absolute atomic E-state index is 12.5. The van der Waals surface area contributed by atoms with Crippen LogP contribution in [0, 0.1) is 5.92 Å². The molecule has 1 aliphatic heterocycles. The summed E-state index contributed by atoms with van der Waals surface area (Å²) in [5, 5.41) is 1.10. The lowest BCUT2D eigenvalue weighted by Crippen LogP contribution is -2.41. The van der Waals surface area contributed by atoms with Gasteiger partial charge in [-0.3, -0.25) is 9.59 Å². The second kappa shape index (κ2) is 8.21. The van der Waals surface area contributed by atoms with Gasteiger partial charge >= 0.3 is 5.97 Å². The monoisotopic (exact) mass is 384 g/mol. The Morgan fingerprint density at radius 2 is 2.15 bits per heavy atom. The highest BCUT2D eigenvalue weighted by Gasteiger charge is 2.27. The van der Waals surface area contributed by atoms with Crippen LogP contribution in [0.4, 0.5) is 0 Å². The van der Waals surface area contributed by atoms with E-state index in [1.165, 1.54) is 4.70 Å². The average Bonchev–Trinajstić information content (AvgIpc) is 3.35. The van der Waals surface area contributed by atoms with Gasteiger partial charge in [-0.15, -0.1) is 11.3 Å². The number of likely N-dealkylation sites (tertiary alicyclic amines) is 1. The molecule has 0 N–H and O–H groups in total. The number of allylic oxidation sites excluding steroid dienone is 2. The number of nitrogens with zero attached hydrogens (tertiary/aromatic N) is 2. The minimum absolute atomic E-state index is 0.101. The van der Waals surface area contributed by atoms with Crippen molar-refractivity contribution in [3.05, 3.63) is 41.4 Å². The molecule has 0 unspecified atom stereocenters. The van der Waals surface area contributed by atoms with Crippen molar-refractivity contribution < 1.29 is 14.3 Å². The zero-order chi connectivity index (χ0) is 18.6. The van der Waals surface area contributed by atoms with Crippen LogP contribution in [-0.2, 0) is 14.3 Å². The highest BCUT2D eigenvalue weighted by Crippen LogP contribution is 2.33. The van der Waals surface area contributed by atoms with E-state index < -0.39 is 0 Å². The number of carbonyl (C=O) groups excluding carboxylic acids is 2. The van der Waals surface area contributed by atoms with Crippen LogP contribution in [0.2, 0.25) is 0 Å². The van der Waals surface area contributed by atoms with E-state index in [-0.39, 0.29) is 30.3 Å². The standard InChI is InChI=1S/C21H24N2O3S/c24-19(14-26-20(25)12-15-6-1-2-7-15)23-11-5-8-16(13-23)21-22-17-9-3-4-10-18(17)27-21/h1,3-4,6,9-10,15-16H,2,5,7-8,11-14H2/t15-,16-/m0/s1. The lowest BCUT2D eigenvalue weighted by Gasteiger charge is -2.31. The Morgan fingerprint density at radius 1 is 1.26 bits per heavy atom. The summed E-state index contributed by atoms with van der Waals surface area (Å²) < 4.78 is 6.42. The topological polar surface area (TPSA) is 59.5 Å². The van der Waals surface area contributed by atoms with Crippen LogP contribution < -0.4 is 0 Å². The van der Waals surface area contributed by atoms with E-state index in [0.717, 1.165) is 42.8 Å². The van der Waals surface area contributed by atoms with Crippen molar-refractivity contribution in [2.24, 2.45) is 5.92 Å². The Bertz CT molecular complexity index is 827. The summed E-state index contributed by atoms with van der Waals surface area (Å²) in [4.78, 5) is 31.0. The van der Waals surface area contributed by atoms with E-state index in [4.69, 9.17) is 9.72 Å². The molecule has 0 radical (unpaired) electrons. The fraction of sp³-hybridized carbons (Fsp3) is 0.476. The zero-order valence-electron chi connectivity index (χ0n) is 15.3. The van der Waals surface area contributed by atoms with Gasteiger partial charge in [0.25, 0.3) is 5.91 Å². The molecule has 27 heavy (non-hydrogen) atoms. The first kappa shape index (κ1) is 18.2. The van der Waals surface area contributed by atoms with Gasteiger partial charge in [0.2, 0.25) is 0 Å². The summed E-state index contributed by atoms with van der Waals surface area (Å²) in [7, 11) is 0. The SMILES string of the molecule is O=C(C[C@H]1C=CCC1)OCC(=O)N1CCC[C@H](c2nc3ccccc3s2)C1. The molecule has 0 bridgehead atoms. The third kappa shape index (κ3) is 4.38. The minimum Gasteiger partial charge on any atom is -0.456 e. The lowest BCUT2D eigenvalue weighted by molar-refractivity contribution is -0.153. The zero-order valence-corrected chi connectivity index (χ0v) is 16.1. The Labute approximate surface area is 163 Å². The Morgan fingerprint density at radius 3 is 2.96 bits per heavy atom. The van der Waals surface area contributed by atoms with Crippen LogP contribution in [0.25, 0.3) is 10.2 Å². The first-order valence-corrected chi connectivity index (χ1v) is 10.5. The highest BCUT2D eigenvalue weighted by molar-refractivity contribution is 7.18. The van der Waals surface area contributed by atoms with Gasteiger partial charge in [0.05, 0.1) is 21.6 Å². The van der Waals surface area contributed by atoms with Crippen LogP contribution in [-0.4, -0.2) is 41.5 Å². The number of thiazole rings is 1.